The van der Waals surface area contributed by atoms with Gasteiger partial charge in [-0.3, -0.25) is 4.79 Å². The van der Waals surface area contributed by atoms with Crippen LogP contribution in [-0.4, -0.2) is 12.9 Å². The smallest absolute Gasteiger partial charge is 0.195 e. The van der Waals surface area contributed by atoms with Gasteiger partial charge in [-0.15, -0.1) is 0 Å². The van der Waals surface area contributed by atoms with Crippen LogP contribution in [0.4, 0.5) is 4.39 Å². The molecule has 0 aliphatic heterocycles. The van der Waals surface area contributed by atoms with Crippen LogP contribution in [-0.2, 0) is 0 Å². The zero-order chi connectivity index (χ0) is 13.8. The minimum atomic E-state index is -0.631. The number of carbonyl (C=O) groups is 1. The molecule has 0 radical (unpaired) electrons. The van der Waals surface area contributed by atoms with Crippen molar-refractivity contribution in [3.63, 3.8) is 0 Å². The number of carbonyl (C=O) groups excluding carboxylic acids is 1. The van der Waals surface area contributed by atoms with Crippen molar-refractivity contribution in [2.45, 2.75) is 0 Å². The summed E-state index contributed by atoms with van der Waals surface area (Å²) in [7, 11) is 1.43. The van der Waals surface area contributed by atoms with Gasteiger partial charge in [0, 0.05) is 11.6 Å². The van der Waals surface area contributed by atoms with Crippen molar-refractivity contribution in [2.24, 2.45) is 0 Å². The number of nitriles is 1. The Balaban J connectivity index is 2.36. The highest BCUT2D eigenvalue weighted by Gasteiger charge is 2.14. The number of ether oxygens (including phenoxy) is 1. The summed E-state index contributed by atoms with van der Waals surface area (Å²) in [5.41, 5.74) is 0.764. The number of nitrogens with zero attached hydrogens (tertiary/aromatic N) is 1. The van der Waals surface area contributed by atoms with Gasteiger partial charge in [-0.25, -0.2) is 4.39 Å². The van der Waals surface area contributed by atoms with Crippen molar-refractivity contribution in [2.75, 3.05) is 7.11 Å². The Morgan fingerprint density at radius 2 is 1.89 bits per heavy atom. The van der Waals surface area contributed by atoms with Gasteiger partial charge >= 0.3 is 0 Å². The molecule has 94 valence electrons. The molecule has 0 unspecified atom stereocenters. The number of hydrogen-bond donors (Lipinski definition) is 0. The lowest BCUT2D eigenvalue weighted by Crippen LogP contribution is -2.04. The first-order valence-corrected chi connectivity index (χ1v) is 5.54. The third-order valence-electron chi connectivity index (χ3n) is 2.70. The second kappa shape index (κ2) is 5.32. The van der Waals surface area contributed by atoms with Gasteiger partial charge in [0.15, 0.2) is 5.78 Å². The minimum Gasteiger partial charge on any atom is -0.497 e. The average Bonchev–Trinajstić information content (AvgIpc) is 2.46. The summed E-state index contributed by atoms with van der Waals surface area (Å²) in [5.74, 6) is -0.702. The lowest BCUT2D eigenvalue weighted by atomic mass is 10.0. The molecule has 0 amide bonds. The van der Waals surface area contributed by atoms with E-state index in [9.17, 15) is 9.18 Å². The Labute approximate surface area is 109 Å². The number of rotatable bonds is 3. The van der Waals surface area contributed by atoms with Gasteiger partial charge in [-0.1, -0.05) is 0 Å². The van der Waals surface area contributed by atoms with Crippen LogP contribution in [0.2, 0.25) is 0 Å². The van der Waals surface area contributed by atoms with Crippen molar-refractivity contribution >= 4 is 5.78 Å². The largest absolute Gasteiger partial charge is 0.497 e. The molecule has 0 fully saturated rings. The molecule has 0 aromatic heterocycles. The van der Waals surface area contributed by atoms with Crippen LogP contribution in [0.15, 0.2) is 42.5 Å². The molecular formula is C15H10FNO2. The molecule has 4 heteroatoms. The van der Waals surface area contributed by atoms with E-state index in [-0.39, 0.29) is 5.56 Å². The lowest BCUT2D eigenvalue weighted by Gasteiger charge is -2.05. The molecule has 2 rings (SSSR count). The Bertz CT molecular complexity index is 657. The number of hydrogen-bond acceptors (Lipinski definition) is 3. The van der Waals surface area contributed by atoms with Crippen LogP contribution < -0.4 is 4.74 Å². The highest BCUT2D eigenvalue weighted by molar-refractivity contribution is 6.09. The van der Waals surface area contributed by atoms with Gasteiger partial charge in [-0.2, -0.15) is 5.26 Å². The SMILES string of the molecule is COc1ccc(C(=O)c2ccc(C#N)cc2)c(F)c1. The maximum Gasteiger partial charge on any atom is 0.195 e. The summed E-state index contributed by atoms with van der Waals surface area (Å²) < 4.78 is 18.6. The fourth-order valence-corrected chi connectivity index (χ4v) is 1.66. The minimum absolute atomic E-state index is 0.0227. The topological polar surface area (TPSA) is 50.1 Å². The van der Waals surface area contributed by atoms with Gasteiger partial charge in [0.2, 0.25) is 0 Å². The van der Waals surface area contributed by atoms with Crippen molar-refractivity contribution in [1.29, 1.82) is 5.26 Å². The Hall–Kier alpha value is -2.67. The fraction of sp³-hybridized carbons (Fsp3) is 0.0667. The molecule has 19 heavy (non-hydrogen) atoms. The Morgan fingerprint density at radius 3 is 2.42 bits per heavy atom. The molecule has 0 N–H and O–H groups in total. The van der Waals surface area contributed by atoms with E-state index in [2.05, 4.69) is 0 Å². The van der Waals surface area contributed by atoms with Crippen LogP contribution in [0.25, 0.3) is 0 Å². The van der Waals surface area contributed by atoms with E-state index in [1.54, 1.807) is 0 Å². The molecule has 0 bridgehead atoms. The van der Waals surface area contributed by atoms with Crippen molar-refractivity contribution in [3.8, 4) is 11.8 Å². The summed E-state index contributed by atoms with van der Waals surface area (Å²) >= 11 is 0. The molecule has 0 aliphatic rings. The fourth-order valence-electron chi connectivity index (χ4n) is 1.66. The third-order valence-corrected chi connectivity index (χ3v) is 2.70. The predicted molar refractivity (Wildman–Crippen MR) is 67.5 cm³/mol. The van der Waals surface area contributed by atoms with Crippen molar-refractivity contribution in [1.82, 2.24) is 0 Å². The summed E-state index contributed by atoms with van der Waals surface area (Å²) in [6, 6.07) is 12.1. The first-order valence-electron chi connectivity index (χ1n) is 5.54. The quantitative estimate of drug-likeness (QED) is 0.792. The summed E-state index contributed by atoms with van der Waals surface area (Å²) in [4.78, 5) is 12.1. The van der Waals surface area contributed by atoms with Crippen molar-refractivity contribution < 1.29 is 13.9 Å². The summed E-state index contributed by atoms with van der Waals surface area (Å²) in [6.07, 6.45) is 0. The standard InChI is InChI=1S/C15H10FNO2/c1-19-12-6-7-13(14(16)8-12)15(18)11-4-2-10(9-17)3-5-11/h2-8H,1H3. The maximum absolute atomic E-state index is 13.8. The summed E-state index contributed by atoms with van der Waals surface area (Å²) in [6.45, 7) is 0. The van der Waals surface area contributed by atoms with E-state index >= 15 is 0 Å². The van der Waals surface area contributed by atoms with E-state index in [0.717, 1.165) is 6.07 Å². The highest BCUT2D eigenvalue weighted by Crippen LogP contribution is 2.19. The molecule has 0 spiro atoms. The van der Waals surface area contributed by atoms with Crippen LogP contribution in [0.1, 0.15) is 21.5 Å². The molecular weight excluding hydrogens is 245 g/mol. The van der Waals surface area contributed by atoms with Gasteiger partial charge in [0.05, 0.1) is 24.3 Å². The normalized spacial score (nSPS) is 9.74. The van der Waals surface area contributed by atoms with Crippen LogP contribution in [0.3, 0.4) is 0 Å². The number of ketones is 1. The monoisotopic (exact) mass is 255 g/mol. The molecule has 3 nitrogen and oxygen atoms in total. The van der Waals surface area contributed by atoms with Gasteiger partial charge in [-0.05, 0) is 36.4 Å². The number of halogens is 1. The lowest BCUT2D eigenvalue weighted by molar-refractivity contribution is 0.103. The summed E-state index contributed by atoms with van der Waals surface area (Å²) in [5, 5.41) is 8.68. The third kappa shape index (κ3) is 2.61. The van der Waals surface area contributed by atoms with Crippen LogP contribution >= 0.6 is 0 Å². The molecule has 0 heterocycles. The van der Waals surface area contributed by atoms with E-state index in [4.69, 9.17) is 10.00 Å². The zero-order valence-corrected chi connectivity index (χ0v) is 10.2. The van der Waals surface area contributed by atoms with E-state index < -0.39 is 11.6 Å². The Morgan fingerprint density at radius 1 is 1.21 bits per heavy atom. The molecule has 2 aromatic rings. The second-order valence-corrected chi connectivity index (χ2v) is 3.86. The Kier molecular flexibility index (Phi) is 3.58. The van der Waals surface area contributed by atoms with E-state index in [1.165, 1.54) is 43.5 Å². The highest BCUT2D eigenvalue weighted by atomic mass is 19.1. The number of methoxy groups -OCH3 is 1. The molecule has 2 aromatic carbocycles. The zero-order valence-electron chi connectivity index (χ0n) is 10.2. The van der Waals surface area contributed by atoms with Gasteiger partial charge in [0.1, 0.15) is 11.6 Å². The predicted octanol–water partition coefficient (Wildman–Crippen LogP) is 2.94. The second-order valence-electron chi connectivity index (χ2n) is 3.86. The maximum atomic E-state index is 13.8. The van der Waals surface area contributed by atoms with E-state index in [0.29, 0.717) is 16.9 Å². The molecule has 0 atom stereocenters. The van der Waals surface area contributed by atoms with Crippen molar-refractivity contribution in [3.05, 3.63) is 65.0 Å². The first-order chi connectivity index (χ1) is 9.15. The molecule has 0 saturated carbocycles. The molecule has 0 saturated heterocycles. The van der Waals surface area contributed by atoms with Crippen LogP contribution in [0, 0.1) is 17.1 Å². The average molecular weight is 255 g/mol. The van der Waals surface area contributed by atoms with E-state index in [1.807, 2.05) is 6.07 Å². The van der Waals surface area contributed by atoms with Gasteiger partial charge < -0.3 is 4.74 Å². The first kappa shape index (κ1) is 12.8. The molecule has 0 aliphatic carbocycles. The van der Waals surface area contributed by atoms with Crippen LogP contribution in [0.5, 0.6) is 5.75 Å². The number of benzene rings is 2. The van der Waals surface area contributed by atoms with Gasteiger partial charge in [0.25, 0.3) is 0 Å².